The van der Waals surface area contributed by atoms with Gasteiger partial charge in [-0.05, 0) is 37.1 Å². The van der Waals surface area contributed by atoms with Gasteiger partial charge in [0.25, 0.3) is 5.56 Å². The van der Waals surface area contributed by atoms with Gasteiger partial charge in [0.1, 0.15) is 11.6 Å². The van der Waals surface area contributed by atoms with Gasteiger partial charge in [-0.2, -0.15) is 20.0 Å². The lowest BCUT2D eigenvalue weighted by Crippen LogP contribution is -2.22. The summed E-state index contributed by atoms with van der Waals surface area (Å²) in [4.78, 5) is 31.9. The highest BCUT2D eigenvalue weighted by Gasteiger charge is 2.20. The molecule has 0 aromatic carbocycles. The summed E-state index contributed by atoms with van der Waals surface area (Å²) in [5, 5.41) is 17.8. The maximum Gasteiger partial charge on any atom is 0.278 e. The zero-order chi connectivity index (χ0) is 22.8. The summed E-state index contributed by atoms with van der Waals surface area (Å²) >= 11 is 0. The van der Waals surface area contributed by atoms with E-state index in [1.54, 1.807) is 17.0 Å². The van der Waals surface area contributed by atoms with E-state index in [9.17, 15) is 14.9 Å². The van der Waals surface area contributed by atoms with Crippen LogP contribution in [0.5, 0.6) is 0 Å². The zero-order valence-corrected chi connectivity index (χ0v) is 17.9. The first-order valence-electron chi connectivity index (χ1n) is 10.1. The Labute approximate surface area is 183 Å². The monoisotopic (exact) mass is 427 g/mol. The van der Waals surface area contributed by atoms with Crippen molar-refractivity contribution in [3.8, 4) is 17.3 Å². The second kappa shape index (κ2) is 8.43. The molecule has 0 unspecified atom stereocenters. The Morgan fingerprint density at radius 3 is 2.81 bits per heavy atom. The van der Waals surface area contributed by atoms with E-state index in [2.05, 4.69) is 26.2 Å². The zero-order valence-electron chi connectivity index (χ0n) is 17.9. The fourth-order valence-electron chi connectivity index (χ4n) is 3.50. The molecule has 1 N–H and O–H groups in total. The number of carbonyl (C=O) groups excluding carboxylic acids is 1. The van der Waals surface area contributed by atoms with Crippen molar-refractivity contribution >= 4 is 17.5 Å². The number of nitriles is 1. The molecule has 0 saturated heterocycles. The summed E-state index contributed by atoms with van der Waals surface area (Å²) in [5.74, 6) is -0.110. The predicted octanol–water partition coefficient (Wildman–Crippen LogP) is 2.93. The number of nitrogens with zero attached hydrogens (tertiary/aromatic N) is 6. The topological polar surface area (TPSA) is 122 Å². The molecule has 0 aliphatic heterocycles. The number of H-pyrrole nitrogens is 1. The quantitative estimate of drug-likeness (QED) is 0.472. The van der Waals surface area contributed by atoms with Crippen LogP contribution in [0.3, 0.4) is 0 Å². The molecule has 9 heteroatoms. The number of ketones is 1. The number of allylic oxidation sites excluding steroid dienone is 1. The molecule has 9 nitrogen and oxygen atoms in total. The van der Waals surface area contributed by atoms with E-state index in [-0.39, 0.29) is 17.3 Å². The Kier molecular flexibility index (Phi) is 5.52. The number of hydrogen-bond acceptors (Lipinski definition) is 6. The number of hydrogen-bond donors (Lipinski definition) is 1. The van der Waals surface area contributed by atoms with E-state index in [0.29, 0.717) is 34.7 Å². The fourth-order valence-corrected chi connectivity index (χ4v) is 3.50. The number of fused-ring (bicyclic) bond motifs is 1. The van der Waals surface area contributed by atoms with Gasteiger partial charge in [0.2, 0.25) is 0 Å². The molecule has 0 fully saturated rings. The molecular formula is C23H21N7O2. The highest BCUT2D eigenvalue weighted by molar-refractivity contribution is 5.91. The SMILES string of the molecule is CC(=O)C=Cc1cccc(Cn2cc(-c3[nH]c4c(C#N)cnn4c(=O)c3C(C)C)cn2)n1. The lowest BCUT2D eigenvalue weighted by Gasteiger charge is -2.11. The van der Waals surface area contributed by atoms with Gasteiger partial charge in [0.15, 0.2) is 11.4 Å². The Hall–Kier alpha value is -4.32. The molecule has 0 aliphatic rings. The summed E-state index contributed by atoms with van der Waals surface area (Å²) in [6.45, 7) is 5.77. The first-order chi connectivity index (χ1) is 15.4. The minimum atomic E-state index is -0.260. The highest BCUT2D eigenvalue weighted by atomic mass is 16.1. The molecule has 32 heavy (non-hydrogen) atoms. The molecule has 0 amide bonds. The van der Waals surface area contributed by atoms with Crippen LogP contribution in [-0.4, -0.2) is 35.1 Å². The molecule has 4 aromatic heterocycles. The van der Waals surface area contributed by atoms with Crippen LogP contribution in [0.2, 0.25) is 0 Å². The van der Waals surface area contributed by atoms with Crippen LogP contribution in [0.1, 0.15) is 49.2 Å². The van der Waals surface area contributed by atoms with E-state index in [1.165, 1.54) is 23.7 Å². The number of aromatic nitrogens is 6. The summed E-state index contributed by atoms with van der Waals surface area (Å²) in [6.07, 6.45) is 8.03. The van der Waals surface area contributed by atoms with Crippen LogP contribution < -0.4 is 5.56 Å². The van der Waals surface area contributed by atoms with Crippen molar-refractivity contribution in [2.45, 2.75) is 33.2 Å². The standard InChI is InChI=1S/C23H21N7O2/c1-14(2)20-21(28-22-16(9-24)10-26-30(22)23(20)32)17-11-25-29(12-17)13-19-6-4-5-18(27-19)8-7-15(3)31/h4-8,10-12,14,28H,13H2,1-3H3. The predicted molar refractivity (Wildman–Crippen MR) is 119 cm³/mol. The maximum absolute atomic E-state index is 13.0. The van der Waals surface area contributed by atoms with Gasteiger partial charge in [-0.3, -0.25) is 19.3 Å². The molecule has 4 rings (SSSR count). The Morgan fingerprint density at radius 2 is 2.09 bits per heavy atom. The van der Waals surface area contributed by atoms with E-state index in [4.69, 9.17) is 0 Å². The van der Waals surface area contributed by atoms with Crippen molar-refractivity contribution in [1.29, 1.82) is 5.26 Å². The largest absolute Gasteiger partial charge is 0.338 e. The summed E-state index contributed by atoms with van der Waals surface area (Å²) in [6, 6.07) is 7.63. The summed E-state index contributed by atoms with van der Waals surface area (Å²) < 4.78 is 2.95. The Balaban J connectivity index is 1.72. The highest BCUT2D eigenvalue weighted by Crippen LogP contribution is 2.26. The lowest BCUT2D eigenvalue weighted by atomic mass is 10.00. The number of carbonyl (C=O) groups is 1. The van der Waals surface area contributed by atoms with Gasteiger partial charge >= 0.3 is 0 Å². The molecule has 0 saturated carbocycles. The van der Waals surface area contributed by atoms with E-state index in [1.807, 2.05) is 38.2 Å². The van der Waals surface area contributed by atoms with Crippen molar-refractivity contribution in [1.82, 2.24) is 29.4 Å². The molecular weight excluding hydrogens is 406 g/mol. The third-order valence-electron chi connectivity index (χ3n) is 4.97. The second-order valence-corrected chi connectivity index (χ2v) is 7.73. The van der Waals surface area contributed by atoms with Crippen LogP contribution >= 0.6 is 0 Å². The molecule has 0 aliphatic carbocycles. The van der Waals surface area contributed by atoms with E-state index >= 15 is 0 Å². The van der Waals surface area contributed by atoms with Crippen LogP contribution in [0.25, 0.3) is 23.0 Å². The summed E-state index contributed by atoms with van der Waals surface area (Å²) in [5.41, 5.74) is 3.77. The fraction of sp³-hybridized carbons (Fsp3) is 0.217. The average molecular weight is 427 g/mol. The molecule has 0 bridgehead atoms. The number of pyridine rings is 1. The van der Waals surface area contributed by atoms with Gasteiger partial charge in [-0.1, -0.05) is 19.9 Å². The minimum Gasteiger partial charge on any atom is -0.338 e. The average Bonchev–Trinajstić information content (AvgIpc) is 3.39. The maximum atomic E-state index is 13.0. The molecule has 4 aromatic rings. The number of rotatable bonds is 6. The van der Waals surface area contributed by atoms with Gasteiger partial charge in [-0.25, -0.2) is 0 Å². The molecule has 0 atom stereocenters. The van der Waals surface area contributed by atoms with Crippen molar-refractivity contribution in [3.05, 3.63) is 75.7 Å². The van der Waals surface area contributed by atoms with Gasteiger partial charge in [0.05, 0.1) is 36.0 Å². The third-order valence-corrected chi connectivity index (χ3v) is 4.97. The summed E-state index contributed by atoms with van der Waals surface area (Å²) in [7, 11) is 0. The van der Waals surface area contributed by atoms with Gasteiger partial charge < -0.3 is 4.98 Å². The van der Waals surface area contributed by atoms with Crippen LogP contribution in [-0.2, 0) is 11.3 Å². The molecule has 4 heterocycles. The van der Waals surface area contributed by atoms with Crippen molar-refractivity contribution in [3.63, 3.8) is 0 Å². The van der Waals surface area contributed by atoms with E-state index in [0.717, 1.165) is 11.3 Å². The second-order valence-electron chi connectivity index (χ2n) is 7.73. The van der Waals surface area contributed by atoms with Crippen LogP contribution in [0, 0.1) is 11.3 Å². The first-order valence-corrected chi connectivity index (χ1v) is 10.1. The Bertz CT molecular complexity index is 1450. The lowest BCUT2D eigenvalue weighted by molar-refractivity contribution is -0.112. The van der Waals surface area contributed by atoms with Crippen molar-refractivity contribution < 1.29 is 4.79 Å². The van der Waals surface area contributed by atoms with Crippen molar-refractivity contribution in [2.75, 3.05) is 0 Å². The third kappa shape index (κ3) is 3.98. The Morgan fingerprint density at radius 1 is 1.28 bits per heavy atom. The smallest absolute Gasteiger partial charge is 0.278 e. The number of nitrogens with one attached hydrogen (secondary N) is 1. The van der Waals surface area contributed by atoms with Gasteiger partial charge in [0, 0.05) is 17.3 Å². The van der Waals surface area contributed by atoms with Gasteiger partial charge in [-0.15, -0.1) is 0 Å². The molecule has 0 spiro atoms. The van der Waals surface area contributed by atoms with Crippen LogP contribution in [0.15, 0.2) is 47.7 Å². The normalized spacial score (nSPS) is 11.5. The number of aromatic amines is 1. The van der Waals surface area contributed by atoms with Crippen molar-refractivity contribution in [2.24, 2.45) is 0 Å². The van der Waals surface area contributed by atoms with Crippen LogP contribution in [0.4, 0.5) is 0 Å². The minimum absolute atomic E-state index is 0.0430. The molecule has 160 valence electrons. The van der Waals surface area contributed by atoms with E-state index < -0.39 is 0 Å². The molecule has 0 radical (unpaired) electrons. The first kappa shape index (κ1) is 20.9.